The highest BCUT2D eigenvalue weighted by molar-refractivity contribution is 8.76. The molecule has 14 nitrogen and oxygen atoms in total. The quantitative estimate of drug-likeness (QED) is 0.0291. The van der Waals surface area contributed by atoms with Crippen LogP contribution in [0.3, 0.4) is 0 Å². The summed E-state index contributed by atoms with van der Waals surface area (Å²) in [5.74, 6) is -0.392. The summed E-state index contributed by atoms with van der Waals surface area (Å²) in [4.78, 5) is 59.0. The first kappa shape index (κ1) is 40.4. The molecule has 4 aromatic carbocycles. The number of rotatable bonds is 20. The van der Waals surface area contributed by atoms with Gasteiger partial charge in [0.05, 0.1) is 34.2 Å². The molecule has 55 heavy (non-hydrogen) atoms. The van der Waals surface area contributed by atoms with Gasteiger partial charge in [0.15, 0.2) is 0 Å². The third-order valence-corrected chi connectivity index (χ3v) is 12.4. The lowest BCUT2D eigenvalue weighted by Gasteiger charge is -2.28. The number of hydrogen-bond donors (Lipinski definition) is 5. The lowest BCUT2D eigenvalue weighted by molar-refractivity contribution is -0.896. The molecule has 1 unspecified atom stereocenters. The van der Waals surface area contributed by atoms with Crippen LogP contribution in [0.15, 0.2) is 60.7 Å². The number of quaternary nitrogens is 2. The van der Waals surface area contributed by atoms with E-state index < -0.39 is 10.4 Å². The predicted octanol–water partition coefficient (Wildman–Crippen LogP) is 2.31. The Morgan fingerprint density at radius 1 is 0.655 bits per heavy atom. The third kappa shape index (κ3) is 9.26. The molecule has 5 N–H and O–H groups in total. The van der Waals surface area contributed by atoms with Crippen molar-refractivity contribution in [1.82, 2.24) is 9.80 Å². The first-order valence-electron chi connectivity index (χ1n) is 18.1. The molecule has 2 aliphatic heterocycles. The van der Waals surface area contributed by atoms with E-state index in [1.165, 1.54) is 36.3 Å². The molecule has 2 aliphatic rings. The summed E-state index contributed by atoms with van der Waals surface area (Å²) in [6, 6.07) is 18.2. The maximum absolute atomic E-state index is 13.6. The second-order valence-electron chi connectivity index (χ2n) is 13.9. The fourth-order valence-electron chi connectivity index (χ4n) is 6.91. The summed E-state index contributed by atoms with van der Waals surface area (Å²) in [6.45, 7) is 3.18. The van der Waals surface area contributed by atoms with E-state index in [2.05, 4.69) is 28.9 Å². The van der Waals surface area contributed by atoms with E-state index in [0.717, 1.165) is 46.6 Å². The van der Waals surface area contributed by atoms with Crippen molar-refractivity contribution < 1.29 is 46.1 Å². The minimum atomic E-state index is -4.49. The molecule has 4 aromatic rings. The van der Waals surface area contributed by atoms with Gasteiger partial charge in [-0.15, -0.1) is 0 Å². The summed E-state index contributed by atoms with van der Waals surface area (Å²) in [5.41, 5.74) is 3.61. The van der Waals surface area contributed by atoms with Gasteiger partial charge in [-0.25, -0.2) is 0 Å². The van der Waals surface area contributed by atoms with Crippen molar-refractivity contribution in [2.75, 3.05) is 89.3 Å². The second-order valence-corrected chi connectivity index (χ2v) is 17.7. The van der Waals surface area contributed by atoms with Gasteiger partial charge in [0, 0.05) is 106 Å². The number of benzene rings is 4. The van der Waals surface area contributed by atoms with Crippen LogP contribution < -0.4 is 20.4 Å². The Hall–Kier alpha value is -4.23. The molecule has 6 rings (SSSR count). The van der Waals surface area contributed by atoms with Crippen molar-refractivity contribution in [3.05, 3.63) is 82.9 Å². The van der Waals surface area contributed by atoms with Crippen LogP contribution >= 0.6 is 21.6 Å². The molecule has 2 heterocycles. The monoisotopic (exact) mass is 810 g/mol. The second kappa shape index (κ2) is 17.7. The Kier molecular flexibility index (Phi) is 13.0. The highest BCUT2D eigenvalue weighted by Gasteiger charge is 2.34. The van der Waals surface area contributed by atoms with Crippen LogP contribution in [0.2, 0.25) is 0 Å². The summed E-state index contributed by atoms with van der Waals surface area (Å²) < 4.78 is 34.8. The van der Waals surface area contributed by atoms with Crippen LogP contribution in [0.4, 0.5) is 11.4 Å². The molecule has 0 radical (unpaired) electrons. The Morgan fingerprint density at radius 3 is 1.53 bits per heavy atom. The number of nitrogens with one attached hydrogen (secondary N) is 4. The van der Waals surface area contributed by atoms with Crippen LogP contribution in [0, 0.1) is 0 Å². The molecule has 292 valence electrons. The average molecular weight is 811 g/mol. The van der Waals surface area contributed by atoms with Crippen LogP contribution in [-0.4, -0.2) is 125 Å². The van der Waals surface area contributed by atoms with E-state index >= 15 is 0 Å². The molecule has 0 aromatic heterocycles. The van der Waals surface area contributed by atoms with E-state index in [9.17, 15) is 27.6 Å². The van der Waals surface area contributed by atoms with Crippen LogP contribution in [0.25, 0.3) is 21.5 Å². The van der Waals surface area contributed by atoms with Crippen LogP contribution in [0.1, 0.15) is 54.3 Å². The molecule has 0 aliphatic carbocycles. The van der Waals surface area contributed by atoms with Gasteiger partial charge in [-0.1, -0.05) is 45.9 Å². The number of carbonyl (C=O) groups excluding carboxylic acids is 4. The maximum atomic E-state index is 13.6. The molecule has 17 heteroatoms. The molecule has 0 fully saturated rings. The standard InChI is InChI=1S/C38H44N6O8S3/c1-41(2)18-6-16-39-31-14-12-29-33-25(31)8-4-10-27(33)35(45)43(37(29)47)20-22-53-54-23-21-44-36(46)28-11-5-9-26-32(15-13-30(34(26)28)38(44)48)40-17-7-19-42(3)24-52-55(49,50)51/h4-5,8-15,39-40H,6-7,16-24H2,1-3H3,(H,49,50,51)/p+2. The number of hydrogen-bond acceptors (Lipinski definition) is 11. The Morgan fingerprint density at radius 2 is 1.09 bits per heavy atom. The lowest BCUT2D eigenvalue weighted by atomic mass is 9.93. The number of anilines is 2. The topological polar surface area (TPSA) is 171 Å². The van der Waals surface area contributed by atoms with E-state index in [0.29, 0.717) is 64.0 Å². The fraction of sp³-hybridized carbons (Fsp3) is 0.368. The van der Waals surface area contributed by atoms with Crippen molar-refractivity contribution in [1.29, 1.82) is 0 Å². The Labute approximate surface area is 328 Å². The van der Waals surface area contributed by atoms with Gasteiger partial charge < -0.3 is 20.4 Å². The van der Waals surface area contributed by atoms with Gasteiger partial charge in [-0.3, -0.25) is 33.5 Å². The van der Waals surface area contributed by atoms with Gasteiger partial charge in [-0.2, -0.15) is 12.6 Å². The minimum absolute atomic E-state index is 0.192. The minimum Gasteiger partial charge on any atom is -0.384 e. The van der Waals surface area contributed by atoms with Gasteiger partial charge in [0.25, 0.3) is 23.6 Å². The molecule has 0 spiro atoms. The number of imide groups is 2. The average Bonchev–Trinajstić information content (AvgIpc) is 3.15. The molecule has 0 saturated heterocycles. The fourth-order valence-corrected chi connectivity index (χ4v) is 9.16. The first-order chi connectivity index (χ1) is 26.4. The number of nitrogens with zero attached hydrogens (tertiary/aromatic N) is 2. The predicted molar refractivity (Wildman–Crippen MR) is 217 cm³/mol. The zero-order chi connectivity index (χ0) is 39.3. The van der Waals surface area contributed by atoms with Crippen molar-refractivity contribution >= 4 is 88.5 Å². The SMILES string of the molecule is C[NH+](C)CCCNc1ccc2c3c(cccc13)C(=O)N(CCSSCCN1C(=O)c3cccc4c(NCCC[NH+](C)COS(=O)(=O)O)ccc(c34)C1=O)C2=O. The van der Waals surface area contributed by atoms with E-state index in [1.54, 1.807) is 37.4 Å². The summed E-state index contributed by atoms with van der Waals surface area (Å²) >= 11 is 0. The summed E-state index contributed by atoms with van der Waals surface area (Å²) in [5, 5.41) is 9.74. The highest BCUT2D eigenvalue weighted by atomic mass is 33.1. The smallest absolute Gasteiger partial charge is 0.384 e. The van der Waals surface area contributed by atoms with Gasteiger partial charge in [0.1, 0.15) is 0 Å². The van der Waals surface area contributed by atoms with Crippen molar-refractivity contribution in [2.24, 2.45) is 0 Å². The normalized spacial score (nSPS) is 14.8. The number of amides is 4. The van der Waals surface area contributed by atoms with Crippen molar-refractivity contribution in [2.45, 2.75) is 12.8 Å². The molecule has 1 atom stereocenters. The lowest BCUT2D eigenvalue weighted by Crippen LogP contribution is -3.09. The Balaban J connectivity index is 0.998. The molecule has 0 saturated carbocycles. The van der Waals surface area contributed by atoms with Crippen LogP contribution in [-0.2, 0) is 14.6 Å². The number of carbonyl (C=O) groups is 4. The molecular weight excluding hydrogens is 765 g/mol. The molecule has 4 amide bonds. The molecular formula is C38H46N6O8S3+2. The van der Waals surface area contributed by atoms with Gasteiger partial charge >= 0.3 is 10.4 Å². The maximum Gasteiger partial charge on any atom is 0.401 e. The van der Waals surface area contributed by atoms with Gasteiger partial charge in [-0.05, 0) is 36.4 Å². The first-order valence-corrected chi connectivity index (χ1v) is 22.0. The summed E-state index contributed by atoms with van der Waals surface area (Å²) in [7, 11) is 4.45. The van der Waals surface area contributed by atoms with Crippen LogP contribution in [0.5, 0.6) is 0 Å². The van der Waals surface area contributed by atoms with Gasteiger partial charge in [0.2, 0.25) is 6.73 Å². The van der Waals surface area contributed by atoms with Crippen molar-refractivity contribution in [3.63, 3.8) is 0 Å². The van der Waals surface area contributed by atoms with E-state index in [1.807, 2.05) is 30.3 Å². The zero-order valence-corrected chi connectivity index (χ0v) is 33.4. The van der Waals surface area contributed by atoms with E-state index in [4.69, 9.17) is 4.55 Å². The highest BCUT2D eigenvalue weighted by Crippen LogP contribution is 2.36. The molecule has 0 bridgehead atoms. The Bertz CT molecular complexity index is 2190. The summed E-state index contributed by atoms with van der Waals surface area (Å²) in [6.07, 6.45) is 1.66. The largest absolute Gasteiger partial charge is 0.401 e. The zero-order valence-electron chi connectivity index (χ0n) is 31.0. The third-order valence-electron chi connectivity index (χ3n) is 9.58. The van der Waals surface area contributed by atoms with Crippen molar-refractivity contribution in [3.8, 4) is 0 Å². The van der Waals surface area contributed by atoms with E-state index in [-0.39, 0.29) is 43.4 Å².